The number of hydrogen-bond donors (Lipinski definition) is 2. The Kier molecular flexibility index (Phi) is 3.24. The quantitative estimate of drug-likeness (QED) is 0.721. The summed E-state index contributed by atoms with van der Waals surface area (Å²) in [4.78, 5) is 11.8. The zero-order valence-corrected chi connectivity index (χ0v) is 10.5. The second-order valence-corrected chi connectivity index (χ2v) is 6.09. The zero-order chi connectivity index (χ0) is 11.8. The highest BCUT2D eigenvalue weighted by molar-refractivity contribution is 5.81. The third-order valence-corrected chi connectivity index (χ3v) is 4.01. The van der Waals surface area contributed by atoms with Crippen molar-refractivity contribution in [3.05, 3.63) is 0 Å². The van der Waals surface area contributed by atoms with Crippen LogP contribution in [0.25, 0.3) is 0 Å². The molecule has 92 valence electrons. The first-order valence-electron chi connectivity index (χ1n) is 6.57. The van der Waals surface area contributed by atoms with Gasteiger partial charge in [-0.2, -0.15) is 0 Å². The van der Waals surface area contributed by atoms with Crippen molar-refractivity contribution in [3.63, 3.8) is 0 Å². The van der Waals surface area contributed by atoms with E-state index in [9.17, 15) is 4.79 Å². The summed E-state index contributed by atoms with van der Waals surface area (Å²) >= 11 is 0. The molecule has 1 amide bonds. The topological polar surface area (TPSA) is 55.1 Å². The molecule has 3 N–H and O–H groups in total. The molecule has 1 atom stereocenters. The van der Waals surface area contributed by atoms with Gasteiger partial charge >= 0.3 is 0 Å². The first-order chi connectivity index (χ1) is 7.53. The minimum absolute atomic E-state index is 0.0422. The highest BCUT2D eigenvalue weighted by atomic mass is 16.2. The van der Waals surface area contributed by atoms with Crippen LogP contribution in [0.5, 0.6) is 0 Å². The second-order valence-electron chi connectivity index (χ2n) is 6.09. The van der Waals surface area contributed by atoms with Crippen molar-refractivity contribution < 1.29 is 4.79 Å². The molecule has 0 radical (unpaired) electrons. The van der Waals surface area contributed by atoms with E-state index >= 15 is 0 Å². The first-order valence-corrected chi connectivity index (χ1v) is 6.57. The molecule has 0 aromatic heterocycles. The van der Waals surface area contributed by atoms with Gasteiger partial charge in [0.15, 0.2) is 0 Å². The van der Waals surface area contributed by atoms with E-state index in [-0.39, 0.29) is 11.9 Å². The lowest BCUT2D eigenvalue weighted by molar-refractivity contribution is -0.123. The SMILES string of the molecule is CC(C)CC(N)C(=O)NCC1(C2CC2)CC1. The Morgan fingerprint density at radius 1 is 1.44 bits per heavy atom. The molecule has 0 aromatic rings. The van der Waals surface area contributed by atoms with Crippen LogP contribution in [0.2, 0.25) is 0 Å². The fourth-order valence-corrected chi connectivity index (χ4v) is 2.59. The standard InChI is InChI=1S/C13H24N2O/c1-9(2)7-11(14)12(16)15-8-13(5-6-13)10-3-4-10/h9-11H,3-8,14H2,1-2H3,(H,15,16). The highest BCUT2D eigenvalue weighted by Crippen LogP contribution is 2.60. The lowest BCUT2D eigenvalue weighted by Gasteiger charge is -2.18. The van der Waals surface area contributed by atoms with Crippen LogP contribution in [0.4, 0.5) is 0 Å². The zero-order valence-electron chi connectivity index (χ0n) is 10.5. The Labute approximate surface area is 98.2 Å². The van der Waals surface area contributed by atoms with Crippen molar-refractivity contribution in [2.75, 3.05) is 6.54 Å². The van der Waals surface area contributed by atoms with Crippen LogP contribution in [-0.2, 0) is 4.79 Å². The molecule has 2 rings (SSSR count). The molecule has 2 aliphatic rings. The van der Waals surface area contributed by atoms with Gasteiger partial charge < -0.3 is 11.1 Å². The van der Waals surface area contributed by atoms with Gasteiger partial charge in [-0.05, 0) is 49.4 Å². The van der Waals surface area contributed by atoms with Gasteiger partial charge in [-0.25, -0.2) is 0 Å². The number of amides is 1. The molecule has 0 spiro atoms. The minimum Gasteiger partial charge on any atom is -0.354 e. The highest BCUT2D eigenvalue weighted by Gasteiger charge is 2.53. The van der Waals surface area contributed by atoms with Crippen molar-refractivity contribution in [2.45, 2.75) is 52.0 Å². The van der Waals surface area contributed by atoms with Crippen molar-refractivity contribution in [3.8, 4) is 0 Å². The number of hydrogen-bond acceptors (Lipinski definition) is 2. The van der Waals surface area contributed by atoms with E-state index in [4.69, 9.17) is 5.73 Å². The maximum Gasteiger partial charge on any atom is 0.236 e. The fourth-order valence-electron chi connectivity index (χ4n) is 2.59. The lowest BCUT2D eigenvalue weighted by atomic mass is 10.00. The van der Waals surface area contributed by atoms with Gasteiger partial charge in [0, 0.05) is 6.54 Å². The summed E-state index contributed by atoms with van der Waals surface area (Å²) in [5.74, 6) is 1.42. The third kappa shape index (κ3) is 2.76. The molecule has 16 heavy (non-hydrogen) atoms. The number of nitrogens with one attached hydrogen (secondary N) is 1. The van der Waals surface area contributed by atoms with Crippen LogP contribution < -0.4 is 11.1 Å². The van der Waals surface area contributed by atoms with Gasteiger partial charge in [0.05, 0.1) is 6.04 Å². The molecule has 1 unspecified atom stereocenters. The lowest BCUT2D eigenvalue weighted by Crippen LogP contribution is -2.43. The van der Waals surface area contributed by atoms with Crippen LogP contribution in [0.3, 0.4) is 0 Å². The largest absolute Gasteiger partial charge is 0.354 e. The molecular formula is C13H24N2O. The van der Waals surface area contributed by atoms with Gasteiger partial charge in [-0.3, -0.25) is 4.79 Å². The van der Waals surface area contributed by atoms with E-state index in [1.807, 2.05) is 0 Å². The molecule has 0 bridgehead atoms. The summed E-state index contributed by atoms with van der Waals surface area (Å²) < 4.78 is 0. The van der Waals surface area contributed by atoms with Crippen LogP contribution >= 0.6 is 0 Å². The van der Waals surface area contributed by atoms with E-state index in [2.05, 4.69) is 19.2 Å². The van der Waals surface area contributed by atoms with E-state index in [0.717, 1.165) is 18.9 Å². The summed E-state index contributed by atoms with van der Waals surface area (Å²) in [6.45, 7) is 5.06. The summed E-state index contributed by atoms with van der Waals surface area (Å²) in [5, 5.41) is 3.05. The molecule has 2 saturated carbocycles. The van der Waals surface area contributed by atoms with Crippen LogP contribution in [-0.4, -0.2) is 18.5 Å². The summed E-state index contributed by atoms with van der Waals surface area (Å²) in [6, 6.07) is -0.324. The normalized spacial score (nSPS) is 24.2. The molecule has 0 aromatic carbocycles. The number of carbonyl (C=O) groups excluding carboxylic acids is 1. The number of carbonyl (C=O) groups is 1. The Balaban J connectivity index is 1.71. The van der Waals surface area contributed by atoms with Crippen molar-refractivity contribution >= 4 is 5.91 Å². The average molecular weight is 224 g/mol. The van der Waals surface area contributed by atoms with Crippen LogP contribution in [0.1, 0.15) is 46.0 Å². The maximum atomic E-state index is 11.8. The molecule has 2 aliphatic carbocycles. The Morgan fingerprint density at radius 2 is 2.06 bits per heavy atom. The fraction of sp³-hybridized carbons (Fsp3) is 0.923. The van der Waals surface area contributed by atoms with E-state index < -0.39 is 0 Å². The molecule has 2 fully saturated rings. The predicted molar refractivity (Wildman–Crippen MR) is 64.8 cm³/mol. The number of nitrogens with two attached hydrogens (primary N) is 1. The van der Waals surface area contributed by atoms with Gasteiger partial charge in [-0.15, -0.1) is 0 Å². The summed E-state index contributed by atoms with van der Waals surface area (Å²) in [6.07, 6.45) is 6.12. The molecule has 0 aliphatic heterocycles. The van der Waals surface area contributed by atoms with Crippen molar-refractivity contribution in [2.24, 2.45) is 23.0 Å². The minimum atomic E-state index is -0.324. The molecule has 0 saturated heterocycles. The Bertz CT molecular complexity index is 267. The van der Waals surface area contributed by atoms with E-state index in [0.29, 0.717) is 11.3 Å². The summed E-state index contributed by atoms with van der Waals surface area (Å²) in [5.41, 5.74) is 6.33. The van der Waals surface area contributed by atoms with Crippen LogP contribution in [0.15, 0.2) is 0 Å². The summed E-state index contributed by atoms with van der Waals surface area (Å²) in [7, 11) is 0. The second kappa shape index (κ2) is 4.36. The number of rotatable bonds is 6. The third-order valence-electron chi connectivity index (χ3n) is 4.01. The van der Waals surface area contributed by atoms with Crippen LogP contribution in [0, 0.1) is 17.3 Å². The average Bonchev–Trinajstić information content (AvgIpc) is 3.03. The molecular weight excluding hydrogens is 200 g/mol. The Morgan fingerprint density at radius 3 is 2.50 bits per heavy atom. The van der Waals surface area contributed by atoms with Crippen molar-refractivity contribution in [1.82, 2.24) is 5.32 Å². The maximum absolute atomic E-state index is 11.8. The van der Waals surface area contributed by atoms with Crippen molar-refractivity contribution in [1.29, 1.82) is 0 Å². The molecule has 3 heteroatoms. The monoisotopic (exact) mass is 224 g/mol. The van der Waals surface area contributed by atoms with Gasteiger partial charge in [0.25, 0.3) is 0 Å². The Hall–Kier alpha value is -0.570. The smallest absolute Gasteiger partial charge is 0.236 e. The first kappa shape index (κ1) is 11.9. The van der Waals surface area contributed by atoms with E-state index in [1.54, 1.807) is 0 Å². The predicted octanol–water partition coefficient (Wildman–Crippen LogP) is 1.67. The van der Waals surface area contributed by atoms with Gasteiger partial charge in [0.2, 0.25) is 5.91 Å². The molecule has 3 nitrogen and oxygen atoms in total. The van der Waals surface area contributed by atoms with E-state index in [1.165, 1.54) is 25.7 Å². The van der Waals surface area contributed by atoms with Gasteiger partial charge in [0.1, 0.15) is 0 Å². The van der Waals surface area contributed by atoms with Gasteiger partial charge in [-0.1, -0.05) is 13.8 Å². The molecule has 0 heterocycles.